The van der Waals surface area contributed by atoms with Gasteiger partial charge in [0.1, 0.15) is 0 Å². The van der Waals surface area contributed by atoms with Crippen LogP contribution in [-0.2, 0) is 32.7 Å². The molecule has 26 heavy (non-hydrogen) atoms. The Morgan fingerprint density at radius 3 is 1.31 bits per heavy atom. The van der Waals surface area contributed by atoms with Gasteiger partial charge in [-0.2, -0.15) is 0 Å². The van der Waals surface area contributed by atoms with Gasteiger partial charge >= 0.3 is 32.7 Å². The van der Waals surface area contributed by atoms with E-state index in [1.807, 2.05) is 0 Å². The number of hydrogen-bond acceptors (Lipinski definition) is 1. The van der Waals surface area contributed by atoms with E-state index in [1.54, 1.807) is 0 Å². The summed E-state index contributed by atoms with van der Waals surface area (Å²) in [5, 5.41) is 4.68. The van der Waals surface area contributed by atoms with Gasteiger partial charge in [0.25, 0.3) is 0 Å². The second-order valence-electron chi connectivity index (χ2n) is 9.62. The fraction of sp³-hybridized carbons (Fsp3) is 0.957. The third-order valence-electron chi connectivity index (χ3n) is 4.18. The minimum atomic E-state index is -0.0160. The van der Waals surface area contributed by atoms with Gasteiger partial charge in [0.2, 0.25) is 0 Å². The van der Waals surface area contributed by atoms with E-state index in [0.717, 1.165) is 12.3 Å². The third-order valence-corrected chi connectivity index (χ3v) is 4.18. The monoisotopic (exact) mass is 440 g/mol. The van der Waals surface area contributed by atoms with E-state index in [4.69, 9.17) is 0 Å². The quantitative estimate of drug-likeness (QED) is 0.311. The average Bonchev–Trinajstić information content (AvgIpc) is 3.17. The summed E-state index contributed by atoms with van der Waals surface area (Å²) in [5.41, 5.74) is -0.0321. The molecule has 0 N–H and O–H groups in total. The van der Waals surface area contributed by atoms with Gasteiger partial charge in [-0.1, -0.05) is 131 Å². The number of amidine groups is 1. The van der Waals surface area contributed by atoms with E-state index in [1.165, 1.54) is 77.0 Å². The molecule has 0 amide bonds. The zero-order valence-electron chi connectivity index (χ0n) is 19.2. The van der Waals surface area contributed by atoms with Gasteiger partial charge in [0, 0.05) is 0 Å². The first kappa shape index (κ1) is 28.8. The molecule has 2 fully saturated rings. The molecule has 2 nitrogen and oxygen atoms in total. The summed E-state index contributed by atoms with van der Waals surface area (Å²) in [7, 11) is 0. The maximum absolute atomic E-state index is 4.68. The zero-order valence-corrected chi connectivity index (χ0v) is 22.0. The largest absolute Gasteiger partial charge is 3.00 e. The van der Waals surface area contributed by atoms with Crippen LogP contribution in [0, 0.1) is 0 Å². The number of nitrogens with zero attached hydrogens (tertiary/aromatic N) is 2. The van der Waals surface area contributed by atoms with Crippen molar-refractivity contribution in [3.05, 3.63) is 5.32 Å². The molecule has 0 saturated heterocycles. The molecular formula is C23H47N2Y+2. The number of aliphatic imine (C=N–C) groups is 1. The van der Waals surface area contributed by atoms with Gasteiger partial charge < -0.3 is 10.3 Å². The molecule has 0 aromatic heterocycles. The Morgan fingerprint density at radius 2 is 1.08 bits per heavy atom. The SMILES string of the molecule is C1CCCC1.C1CCCC1.CCCCC(=NC(C)(C)C)[N-]C(C)(C)C.[Y+3]. The van der Waals surface area contributed by atoms with Crippen molar-refractivity contribution < 1.29 is 32.7 Å². The maximum Gasteiger partial charge on any atom is 3.00 e. The van der Waals surface area contributed by atoms with Crippen LogP contribution in [0.1, 0.15) is 132 Å². The van der Waals surface area contributed by atoms with E-state index >= 15 is 0 Å². The van der Waals surface area contributed by atoms with Gasteiger partial charge in [-0.25, -0.2) is 0 Å². The first-order valence-electron chi connectivity index (χ1n) is 11.0. The van der Waals surface area contributed by atoms with Crippen LogP contribution in [0.25, 0.3) is 5.32 Å². The molecule has 2 aliphatic carbocycles. The van der Waals surface area contributed by atoms with Crippen molar-refractivity contribution in [2.45, 2.75) is 143 Å². The molecule has 0 unspecified atom stereocenters. The van der Waals surface area contributed by atoms with Crippen LogP contribution in [0.15, 0.2) is 4.99 Å². The van der Waals surface area contributed by atoms with Gasteiger partial charge in [-0.3, -0.25) is 0 Å². The van der Waals surface area contributed by atoms with E-state index in [0.29, 0.717) is 0 Å². The van der Waals surface area contributed by atoms with Gasteiger partial charge in [-0.05, 0) is 17.5 Å². The molecule has 0 aromatic rings. The van der Waals surface area contributed by atoms with Crippen molar-refractivity contribution in [1.29, 1.82) is 0 Å². The smallest absolute Gasteiger partial charge is 0.463 e. The van der Waals surface area contributed by atoms with Crippen LogP contribution in [0.2, 0.25) is 0 Å². The topological polar surface area (TPSA) is 26.5 Å². The fourth-order valence-electron chi connectivity index (χ4n) is 3.01. The van der Waals surface area contributed by atoms with Gasteiger partial charge in [-0.15, -0.1) is 0 Å². The Bertz CT molecular complexity index is 304. The molecule has 0 spiro atoms. The molecule has 2 rings (SSSR count). The minimum absolute atomic E-state index is 0. The average molecular weight is 441 g/mol. The minimum Gasteiger partial charge on any atom is -0.463 e. The standard InChI is InChI=1S/C13H27N2.2C5H10.Y/c1-8-9-10-11(14-12(2,3)4)15-13(5,6)7;2*1-2-4-5-3-1;/h8-10H2,1-7H3;2*1-5H2;/q-1;;;+3. The van der Waals surface area contributed by atoms with Gasteiger partial charge in [0.15, 0.2) is 0 Å². The molecule has 0 heterocycles. The molecule has 0 aromatic carbocycles. The first-order valence-corrected chi connectivity index (χ1v) is 11.0. The Morgan fingerprint density at radius 1 is 0.731 bits per heavy atom. The normalized spacial score (nSPS) is 17.4. The van der Waals surface area contributed by atoms with E-state index in [-0.39, 0.29) is 43.8 Å². The van der Waals surface area contributed by atoms with Gasteiger partial charge in [0.05, 0.1) is 0 Å². The Labute approximate surface area is 191 Å². The molecule has 3 heteroatoms. The molecule has 2 aliphatic rings. The van der Waals surface area contributed by atoms with Crippen molar-refractivity contribution in [2.75, 3.05) is 0 Å². The van der Waals surface area contributed by atoms with E-state index in [9.17, 15) is 0 Å². The van der Waals surface area contributed by atoms with Crippen molar-refractivity contribution in [2.24, 2.45) is 4.99 Å². The fourth-order valence-corrected chi connectivity index (χ4v) is 3.01. The Kier molecular flexibility index (Phi) is 18.3. The Balaban J connectivity index is 0. The number of rotatable bonds is 3. The summed E-state index contributed by atoms with van der Waals surface area (Å²) >= 11 is 0. The second kappa shape index (κ2) is 16.5. The van der Waals surface area contributed by atoms with Crippen molar-refractivity contribution in [3.63, 3.8) is 0 Å². The molecule has 2 saturated carbocycles. The molecule has 0 radical (unpaired) electrons. The van der Waals surface area contributed by atoms with Crippen LogP contribution in [0.4, 0.5) is 0 Å². The molecule has 0 atom stereocenters. The summed E-state index contributed by atoms with van der Waals surface area (Å²) in [6.07, 6.45) is 18.4. The summed E-state index contributed by atoms with van der Waals surface area (Å²) in [6.45, 7) is 14.9. The Hall–Kier alpha value is 0.574. The zero-order chi connectivity index (χ0) is 19.2. The molecule has 0 aliphatic heterocycles. The van der Waals surface area contributed by atoms with Crippen LogP contribution < -0.4 is 0 Å². The van der Waals surface area contributed by atoms with Crippen LogP contribution in [-0.4, -0.2) is 16.9 Å². The summed E-state index contributed by atoms with van der Waals surface area (Å²) in [5.74, 6) is 1.02. The summed E-state index contributed by atoms with van der Waals surface area (Å²) in [4.78, 5) is 4.68. The number of unbranched alkanes of at least 4 members (excludes halogenated alkanes) is 1. The van der Waals surface area contributed by atoms with Crippen molar-refractivity contribution in [1.82, 2.24) is 0 Å². The van der Waals surface area contributed by atoms with Crippen molar-refractivity contribution >= 4 is 5.84 Å². The predicted octanol–water partition coefficient (Wildman–Crippen LogP) is 8.44. The van der Waals surface area contributed by atoms with Crippen LogP contribution in [0.5, 0.6) is 0 Å². The molecule has 0 bridgehead atoms. The van der Waals surface area contributed by atoms with E-state index < -0.39 is 0 Å². The number of hydrogen-bond donors (Lipinski definition) is 0. The van der Waals surface area contributed by atoms with Crippen LogP contribution >= 0.6 is 0 Å². The van der Waals surface area contributed by atoms with Crippen LogP contribution in [0.3, 0.4) is 0 Å². The maximum atomic E-state index is 4.68. The summed E-state index contributed by atoms with van der Waals surface area (Å²) in [6, 6.07) is 0. The van der Waals surface area contributed by atoms with Crippen molar-refractivity contribution in [3.8, 4) is 0 Å². The third kappa shape index (κ3) is 22.6. The first-order chi connectivity index (χ1) is 11.6. The van der Waals surface area contributed by atoms with E-state index in [2.05, 4.69) is 58.8 Å². The predicted molar refractivity (Wildman–Crippen MR) is 116 cm³/mol. The summed E-state index contributed by atoms with van der Waals surface area (Å²) < 4.78 is 0. The second-order valence-corrected chi connectivity index (χ2v) is 9.62. The molecule has 150 valence electrons. The molecular weight excluding hydrogens is 393 g/mol.